The van der Waals surface area contributed by atoms with E-state index in [1.165, 1.54) is 18.2 Å². The number of non-ortho nitro benzene ring substituents is 1. The van der Waals surface area contributed by atoms with Gasteiger partial charge in [0, 0.05) is 37.5 Å². The number of nitrogens with one attached hydrogen (secondary N) is 2. The Morgan fingerprint density at radius 1 is 1.24 bits per heavy atom. The third kappa shape index (κ3) is 5.18. The van der Waals surface area contributed by atoms with Crippen molar-refractivity contribution in [2.24, 2.45) is 0 Å². The molecular formula is C19H22N4O6. The predicted octanol–water partition coefficient (Wildman–Crippen LogP) is 1.62. The van der Waals surface area contributed by atoms with Gasteiger partial charge in [0.15, 0.2) is 0 Å². The number of nitro groups is 1. The molecule has 1 unspecified atom stereocenters. The van der Waals surface area contributed by atoms with Gasteiger partial charge in [0.1, 0.15) is 5.76 Å². The maximum atomic E-state index is 12.3. The van der Waals surface area contributed by atoms with Gasteiger partial charge in [0.25, 0.3) is 5.69 Å². The summed E-state index contributed by atoms with van der Waals surface area (Å²) in [7, 11) is 0. The van der Waals surface area contributed by atoms with Crippen molar-refractivity contribution >= 4 is 23.2 Å². The average molecular weight is 402 g/mol. The summed E-state index contributed by atoms with van der Waals surface area (Å²) in [6, 6.07) is 7.39. The molecule has 1 aliphatic heterocycles. The molecule has 2 aromatic rings. The average Bonchev–Trinajstić information content (AvgIpc) is 3.24. The van der Waals surface area contributed by atoms with Gasteiger partial charge in [-0.2, -0.15) is 0 Å². The smallest absolute Gasteiger partial charge is 0.313 e. The molecule has 2 heterocycles. The van der Waals surface area contributed by atoms with E-state index in [-0.39, 0.29) is 18.3 Å². The van der Waals surface area contributed by atoms with Crippen molar-refractivity contribution in [3.63, 3.8) is 0 Å². The van der Waals surface area contributed by atoms with Gasteiger partial charge in [-0.1, -0.05) is 0 Å². The monoisotopic (exact) mass is 402 g/mol. The SMILES string of the molecule is Cc1cc([N+](=O)[O-])ccc1NC(=O)C(=O)NCC(c1ccco1)N1CCOCC1. The molecule has 10 nitrogen and oxygen atoms in total. The Kier molecular flexibility index (Phi) is 6.57. The number of nitrogens with zero attached hydrogens (tertiary/aromatic N) is 2. The molecule has 1 aromatic carbocycles. The first-order valence-electron chi connectivity index (χ1n) is 9.15. The minimum atomic E-state index is -0.845. The summed E-state index contributed by atoms with van der Waals surface area (Å²) < 4.78 is 10.9. The predicted molar refractivity (Wildman–Crippen MR) is 103 cm³/mol. The highest BCUT2D eigenvalue weighted by molar-refractivity contribution is 6.39. The molecule has 1 aliphatic rings. The van der Waals surface area contributed by atoms with E-state index in [0.29, 0.717) is 43.3 Å². The van der Waals surface area contributed by atoms with Crippen molar-refractivity contribution in [1.82, 2.24) is 10.2 Å². The fraction of sp³-hybridized carbons (Fsp3) is 0.368. The second kappa shape index (κ2) is 9.30. The fourth-order valence-electron chi connectivity index (χ4n) is 3.13. The summed E-state index contributed by atoms with van der Waals surface area (Å²) in [5.74, 6) is -0.950. The first-order valence-corrected chi connectivity index (χ1v) is 9.15. The van der Waals surface area contributed by atoms with E-state index in [1.54, 1.807) is 19.3 Å². The number of hydrogen-bond donors (Lipinski definition) is 2. The summed E-state index contributed by atoms with van der Waals surface area (Å²) in [4.78, 5) is 36.9. The Bertz CT molecular complexity index is 877. The Balaban J connectivity index is 1.61. The summed E-state index contributed by atoms with van der Waals surface area (Å²) in [6.45, 7) is 4.37. The molecule has 0 saturated carbocycles. The Morgan fingerprint density at radius 3 is 2.62 bits per heavy atom. The summed E-state index contributed by atoms with van der Waals surface area (Å²) >= 11 is 0. The van der Waals surface area contributed by atoms with Crippen molar-refractivity contribution < 1.29 is 23.7 Å². The number of furan rings is 1. The minimum Gasteiger partial charge on any atom is -0.468 e. The van der Waals surface area contributed by atoms with Crippen LogP contribution in [0, 0.1) is 17.0 Å². The number of aryl methyl sites for hydroxylation is 1. The van der Waals surface area contributed by atoms with Crippen molar-refractivity contribution in [3.05, 3.63) is 58.0 Å². The normalized spacial score (nSPS) is 15.5. The highest BCUT2D eigenvalue weighted by Gasteiger charge is 2.26. The van der Waals surface area contributed by atoms with Crippen LogP contribution in [0.5, 0.6) is 0 Å². The quantitative estimate of drug-likeness (QED) is 0.427. The molecule has 1 atom stereocenters. The third-order valence-electron chi connectivity index (χ3n) is 4.69. The van der Waals surface area contributed by atoms with Crippen LogP contribution in [0.2, 0.25) is 0 Å². The standard InChI is InChI=1S/C19H22N4O6/c1-13-11-14(23(26)27)4-5-15(13)21-19(25)18(24)20-12-16(17-3-2-8-29-17)22-6-9-28-10-7-22/h2-5,8,11,16H,6-7,9-10,12H2,1H3,(H,20,24)(H,21,25). The lowest BCUT2D eigenvalue weighted by Gasteiger charge is -2.33. The van der Waals surface area contributed by atoms with Crippen molar-refractivity contribution in [1.29, 1.82) is 0 Å². The highest BCUT2D eigenvalue weighted by atomic mass is 16.6. The number of nitro benzene ring substituents is 1. The molecule has 0 radical (unpaired) electrons. The summed E-state index contributed by atoms with van der Waals surface area (Å²) in [6.07, 6.45) is 1.56. The van der Waals surface area contributed by atoms with Gasteiger partial charge >= 0.3 is 11.8 Å². The number of morpholine rings is 1. The number of ether oxygens (including phenoxy) is 1. The zero-order chi connectivity index (χ0) is 20.8. The van der Waals surface area contributed by atoms with Crippen LogP contribution in [0.15, 0.2) is 41.0 Å². The van der Waals surface area contributed by atoms with Gasteiger partial charge in [-0.25, -0.2) is 0 Å². The van der Waals surface area contributed by atoms with Crippen LogP contribution >= 0.6 is 0 Å². The Hall–Kier alpha value is -3.24. The van der Waals surface area contributed by atoms with E-state index in [4.69, 9.17) is 9.15 Å². The molecule has 10 heteroatoms. The molecule has 3 rings (SSSR count). The van der Waals surface area contributed by atoms with Gasteiger partial charge < -0.3 is 19.8 Å². The van der Waals surface area contributed by atoms with Crippen molar-refractivity contribution in [2.75, 3.05) is 38.2 Å². The molecule has 2 amide bonds. The molecule has 0 bridgehead atoms. The Morgan fingerprint density at radius 2 is 2.00 bits per heavy atom. The van der Waals surface area contributed by atoms with Crippen LogP contribution in [0.1, 0.15) is 17.4 Å². The van der Waals surface area contributed by atoms with Crippen LogP contribution in [0.25, 0.3) is 0 Å². The first kappa shape index (κ1) is 20.5. The number of anilines is 1. The van der Waals surface area contributed by atoms with Crippen LogP contribution in [0.3, 0.4) is 0 Å². The minimum absolute atomic E-state index is 0.0863. The van der Waals surface area contributed by atoms with Crippen LogP contribution in [0.4, 0.5) is 11.4 Å². The topological polar surface area (TPSA) is 127 Å². The number of carbonyl (C=O) groups excluding carboxylic acids is 2. The van der Waals surface area contributed by atoms with E-state index >= 15 is 0 Å². The van der Waals surface area contributed by atoms with E-state index in [1.807, 2.05) is 6.07 Å². The molecule has 1 saturated heterocycles. The first-order chi connectivity index (χ1) is 14.0. The molecular weight excluding hydrogens is 380 g/mol. The highest BCUT2D eigenvalue weighted by Crippen LogP contribution is 2.22. The van der Waals surface area contributed by atoms with E-state index in [9.17, 15) is 19.7 Å². The summed E-state index contributed by atoms with van der Waals surface area (Å²) in [5.41, 5.74) is 0.741. The Labute approximate surface area is 167 Å². The molecule has 2 N–H and O–H groups in total. The maximum Gasteiger partial charge on any atom is 0.313 e. The molecule has 1 fully saturated rings. The number of amides is 2. The van der Waals surface area contributed by atoms with E-state index in [2.05, 4.69) is 15.5 Å². The van der Waals surface area contributed by atoms with Gasteiger partial charge in [-0.05, 0) is 30.7 Å². The van der Waals surface area contributed by atoms with Gasteiger partial charge in [-0.3, -0.25) is 24.6 Å². The third-order valence-corrected chi connectivity index (χ3v) is 4.69. The van der Waals surface area contributed by atoms with E-state index < -0.39 is 16.7 Å². The number of benzene rings is 1. The van der Waals surface area contributed by atoms with Crippen molar-refractivity contribution in [2.45, 2.75) is 13.0 Å². The molecule has 1 aromatic heterocycles. The lowest BCUT2D eigenvalue weighted by molar-refractivity contribution is -0.384. The van der Waals surface area contributed by atoms with Gasteiger partial charge in [-0.15, -0.1) is 0 Å². The van der Waals surface area contributed by atoms with Crippen molar-refractivity contribution in [3.8, 4) is 0 Å². The zero-order valence-corrected chi connectivity index (χ0v) is 15.9. The number of rotatable bonds is 6. The summed E-state index contributed by atoms with van der Waals surface area (Å²) in [5, 5.41) is 15.9. The van der Waals surface area contributed by atoms with Gasteiger partial charge in [0.2, 0.25) is 0 Å². The molecule has 29 heavy (non-hydrogen) atoms. The van der Waals surface area contributed by atoms with Gasteiger partial charge in [0.05, 0.1) is 30.4 Å². The van der Waals surface area contributed by atoms with Crippen LogP contribution < -0.4 is 10.6 Å². The second-order valence-electron chi connectivity index (χ2n) is 6.60. The molecule has 154 valence electrons. The fourth-order valence-corrected chi connectivity index (χ4v) is 3.13. The zero-order valence-electron chi connectivity index (χ0n) is 15.9. The maximum absolute atomic E-state index is 12.3. The lowest BCUT2D eigenvalue weighted by atomic mass is 10.1. The second-order valence-corrected chi connectivity index (χ2v) is 6.60. The molecule has 0 spiro atoms. The molecule has 0 aliphatic carbocycles. The van der Waals surface area contributed by atoms with Crippen LogP contribution in [-0.4, -0.2) is 54.5 Å². The largest absolute Gasteiger partial charge is 0.468 e. The van der Waals surface area contributed by atoms with Crippen LogP contribution in [-0.2, 0) is 14.3 Å². The van der Waals surface area contributed by atoms with E-state index in [0.717, 1.165) is 0 Å². The number of carbonyl (C=O) groups is 2. The lowest BCUT2D eigenvalue weighted by Crippen LogP contribution is -2.45. The number of hydrogen-bond acceptors (Lipinski definition) is 7.